The molecule has 0 aromatic heterocycles. The van der Waals surface area contributed by atoms with Crippen LogP contribution in [-0.2, 0) is 4.74 Å². The largest absolute Gasteiger partial charge is 0.383 e. The Morgan fingerprint density at radius 2 is 2.07 bits per heavy atom. The minimum Gasteiger partial charge on any atom is -0.383 e. The molecule has 0 aliphatic heterocycles. The molecule has 2 unspecified atom stereocenters. The van der Waals surface area contributed by atoms with Gasteiger partial charge in [0.2, 0.25) is 0 Å². The molecule has 0 amide bonds. The van der Waals surface area contributed by atoms with E-state index in [-0.39, 0.29) is 0 Å². The zero-order valence-electron chi connectivity index (χ0n) is 9.88. The van der Waals surface area contributed by atoms with E-state index in [1.165, 1.54) is 12.8 Å². The third-order valence-corrected chi connectivity index (χ3v) is 2.37. The number of rotatable bonds is 9. The molecule has 0 bridgehead atoms. The van der Waals surface area contributed by atoms with Crippen molar-refractivity contribution in [2.24, 2.45) is 5.73 Å². The molecule has 0 spiro atoms. The Morgan fingerprint density at radius 3 is 2.57 bits per heavy atom. The van der Waals surface area contributed by atoms with E-state index in [0.717, 1.165) is 26.0 Å². The van der Waals surface area contributed by atoms with Gasteiger partial charge in [0, 0.05) is 19.2 Å². The standard InChI is InChI=1S/C11H26N2O/c1-4-6-10(2)13-11(9-14-3)7-5-8-12/h10-11,13H,4-9,12H2,1-3H3. The second-order valence-electron chi connectivity index (χ2n) is 3.94. The van der Waals surface area contributed by atoms with E-state index in [1.54, 1.807) is 7.11 Å². The summed E-state index contributed by atoms with van der Waals surface area (Å²) >= 11 is 0. The zero-order valence-corrected chi connectivity index (χ0v) is 9.88. The maximum atomic E-state index is 5.49. The van der Waals surface area contributed by atoms with Crippen LogP contribution in [0.1, 0.15) is 39.5 Å². The summed E-state index contributed by atoms with van der Waals surface area (Å²) in [4.78, 5) is 0. The van der Waals surface area contributed by atoms with Gasteiger partial charge >= 0.3 is 0 Å². The molecule has 86 valence electrons. The molecule has 0 aromatic carbocycles. The van der Waals surface area contributed by atoms with E-state index in [2.05, 4.69) is 19.2 Å². The highest BCUT2D eigenvalue weighted by Gasteiger charge is 2.10. The minimum atomic E-state index is 0.463. The van der Waals surface area contributed by atoms with Gasteiger partial charge in [-0.25, -0.2) is 0 Å². The van der Waals surface area contributed by atoms with Crippen LogP contribution in [0.2, 0.25) is 0 Å². The Balaban J connectivity index is 3.69. The number of ether oxygens (including phenoxy) is 1. The van der Waals surface area contributed by atoms with Crippen molar-refractivity contribution in [1.29, 1.82) is 0 Å². The van der Waals surface area contributed by atoms with Crippen molar-refractivity contribution in [1.82, 2.24) is 5.32 Å². The van der Waals surface area contributed by atoms with Crippen LogP contribution in [-0.4, -0.2) is 32.3 Å². The summed E-state index contributed by atoms with van der Waals surface area (Å²) in [6.07, 6.45) is 4.63. The molecular formula is C11H26N2O. The Bertz CT molecular complexity index is 120. The van der Waals surface area contributed by atoms with Crippen molar-refractivity contribution < 1.29 is 4.74 Å². The first kappa shape index (κ1) is 13.9. The van der Waals surface area contributed by atoms with Crippen molar-refractivity contribution >= 4 is 0 Å². The molecule has 0 fully saturated rings. The van der Waals surface area contributed by atoms with Crippen molar-refractivity contribution in [3.8, 4) is 0 Å². The molecule has 0 aliphatic rings. The highest BCUT2D eigenvalue weighted by atomic mass is 16.5. The molecule has 0 heterocycles. The Kier molecular flexibility index (Phi) is 9.35. The molecule has 3 nitrogen and oxygen atoms in total. The van der Waals surface area contributed by atoms with Crippen molar-refractivity contribution in [3.05, 3.63) is 0 Å². The lowest BCUT2D eigenvalue weighted by atomic mass is 10.1. The minimum absolute atomic E-state index is 0.463. The molecule has 14 heavy (non-hydrogen) atoms. The molecule has 0 aromatic rings. The van der Waals surface area contributed by atoms with E-state index < -0.39 is 0 Å². The van der Waals surface area contributed by atoms with Crippen molar-refractivity contribution in [3.63, 3.8) is 0 Å². The number of nitrogens with one attached hydrogen (secondary N) is 1. The molecule has 0 aliphatic carbocycles. The lowest BCUT2D eigenvalue weighted by Crippen LogP contribution is -2.39. The highest BCUT2D eigenvalue weighted by Crippen LogP contribution is 2.02. The molecule has 0 saturated carbocycles. The van der Waals surface area contributed by atoms with Crippen LogP contribution in [0.3, 0.4) is 0 Å². The lowest BCUT2D eigenvalue weighted by Gasteiger charge is -2.22. The second kappa shape index (κ2) is 9.44. The third kappa shape index (κ3) is 7.30. The molecule has 2 atom stereocenters. The smallest absolute Gasteiger partial charge is 0.0615 e. The first-order chi connectivity index (χ1) is 6.74. The third-order valence-electron chi connectivity index (χ3n) is 2.37. The van der Waals surface area contributed by atoms with Crippen LogP contribution in [0.25, 0.3) is 0 Å². The van der Waals surface area contributed by atoms with Crippen LogP contribution in [0.15, 0.2) is 0 Å². The first-order valence-electron chi connectivity index (χ1n) is 5.69. The zero-order chi connectivity index (χ0) is 10.8. The molecule has 0 radical (unpaired) electrons. The van der Waals surface area contributed by atoms with Crippen LogP contribution in [0.4, 0.5) is 0 Å². The maximum absolute atomic E-state index is 5.49. The summed E-state index contributed by atoms with van der Waals surface area (Å²) in [5.74, 6) is 0. The molecular weight excluding hydrogens is 176 g/mol. The quantitative estimate of drug-likeness (QED) is 0.596. The first-order valence-corrected chi connectivity index (χ1v) is 5.69. The van der Waals surface area contributed by atoms with E-state index in [4.69, 9.17) is 10.5 Å². The lowest BCUT2D eigenvalue weighted by molar-refractivity contribution is 0.155. The van der Waals surface area contributed by atoms with Gasteiger partial charge in [-0.05, 0) is 32.7 Å². The van der Waals surface area contributed by atoms with E-state index in [0.29, 0.717) is 12.1 Å². The number of hydrogen-bond acceptors (Lipinski definition) is 3. The van der Waals surface area contributed by atoms with Gasteiger partial charge in [-0.1, -0.05) is 13.3 Å². The predicted molar refractivity (Wildman–Crippen MR) is 61.5 cm³/mol. The number of hydrogen-bond donors (Lipinski definition) is 2. The summed E-state index contributed by atoms with van der Waals surface area (Å²) < 4.78 is 5.18. The van der Waals surface area contributed by atoms with Crippen LogP contribution >= 0.6 is 0 Å². The summed E-state index contributed by atoms with van der Waals surface area (Å²) in [5.41, 5.74) is 5.49. The fourth-order valence-corrected chi connectivity index (χ4v) is 1.70. The van der Waals surface area contributed by atoms with Gasteiger partial charge in [0.25, 0.3) is 0 Å². The van der Waals surface area contributed by atoms with Gasteiger partial charge in [0.15, 0.2) is 0 Å². The molecule has 3 N–H and O–H groups in total. The summed E-state index contributed by atoms with van der Waals surface area (Å²) in [6.45, 7) is 6.00. The maximum Gasteiger partial charge on any atom is 0.0615 e. The average molecular weight is 202 g/mol. The number of nitrogens with two attached hydrogens (primary N) is 1. The normalized spacial score (nSPS) is 15.4. The van der Waals surface area contributed by atoms with Gasteiger partial charge in [0.05, 0.1) is 6.61 Å². The van der Waals surface area contributed by atoms with E-state index >= 15 is 0 Å². The molecule has 3 heteroatoms. The highest BCUT2D eigenvalue weighted by molar-refractivity contribution is 4.71. The van der Waals surface area contributed by atoms with Crippen molar-refractivity contribution in [2.75, 3.05) is 20.3 Å². The Morgan fingerprint density at radius 1 is 1.36 bits per heavy atom. The van der Waals surface area contributed by atoms with E-state index in [1.807, 2.05) is 0 Å². The number of methoxy groups -OCH3 is 1. The Labute approximate surface area is 88.4 Å². The summed E-state index contributed by atoms with van der Waals surface area (Å²) in [5, 5.41) is 3.57. The molecule has 0 saturated heterocycles. The van der Waals surface area contributed by atoms with Gasteiger partial charge in [-0.15, -0.1) is 0 Å². The van der Waals surface area contributed by atoms with Crippen LogP contribution in [0, 0.1) is 0 Å². The second-order valence-corrected chi connectivity index (χ2v) is 3.94. The van der Waals surface area contributed by atoms with E-state index in [9.17, 15) is 0 Å². The van der Waals surface area contributed by atoms with Gasteiger partial charge < -0.3 is 15.8 Å². The Hall–Kier alpha value is -0.120. The fraction of sp³-hybridized carbons (Fsp3) is 1.00. The topological polar surface area (TPSA) is 47.3 Å². The SMILES string of the molecule is CCCC(C)NC(CCCN)COC. The van der Waals surface area contributed by atoms with Gasteiger partial charge in [0.1, 0.15) is 0 Å². The fourth-order valence-electron chi connectivity index (χ4n) is 1.70. The average Bonchev–Trinajstić information content (AvgIpc) is 2.15. The van der Waals surface area contributed by atoms with Crippen LogP contribution < -0.4 is 11.1 Å². The van der Waals surface area contributed by atoms with Gasteiger partial charge in [-0.2, -0.15) is 0 Å². The monoisotopic (exact) mass is 202 g/mol. The summed E-state index contributed by atoms with van der Waals surface area (Å²) in [6, 6.07) is 1.04. The molecule has 0 rings (SSSR count). The van der Waals surface area contributed by atoms with Crippen molar-refractivity contribution in [2.45, 2.75) is 51.6 Å². The van der Waals surface area contributed by atoms with Gasteiger partial charge in [-0.3, -0.25) is 0 Å². The predicted octanol–water partition coefficient (Wildman–Crippen LogP) is 1.52. The summed E-state index contributed by atoms with van der Waals surface area (Å²) in [7, 11) is 1.75. The van der Waals surface area contributed by atoms with Crippen LogP contribution in [0.5, 0.6) is 0 Å².